The summed E-state index contributed by atoms with van der Waals surface area (Å²) in [7, 11) is 0. The summed E-state index contributed by atoms with van der Waals surface area (Å²) in [5, 5.41) is 39.5. The van der Waals surface area contributed by atoms with Gasteiger partial charge in [-0.15, -0.1) is 0 Å². The lowest BCUT2D eigenvalue weighted by Gasteiger charge is -2.07. The van der Waals surface area contributed by atoms with Gasteiger partial charge in [-0.25, -0.2) is 0 Å². The van der Waals surface area contributed by atoms with Crippen LogP contribution in [0.1, 0.15) is 23.6 Å². The Morgan fingerprint density at radius 3 is 2.26 bits per heavy atom. The Labute approximate surface area is 107 Å². The van der Waals surface area contributed by atoms with E-state index in [9.17, 15) is 20.2 Å². The van der Waals surface area contributed by atoms with E-state index in [0.29, 0.717) is 0 Å². The molecule has 96 valence electrons. The Morgan fingerprint density at radius 1 is 1.26 bits per heavy atom. The second kappa shape index (κ2) is 5.56. The van der Waals surface area contributed by atoms with Crippen molar-refractivity contribution in [2.45, 2.75) is 19.8 Å². The highest BCUT2D eigenvalue weighted by atomic mass is 16.6. The predicted octanol–water partition coefficient (Wildman–Crippen LogP) is 2.00. The molecule has 8 nitrogen and oxygen atoms in total. The molecule has 0 amide bonds. The van der Waals surface area contributed by atoms with Crippen molar-refractivity contribution < 1.29 is 9.85 Å². The Kier molecular flexibility index (Phi) is 4.11. The predicted molar refractivity (Wildman–Crippen MR) is 63.2 cm³/mol. The summed E-state index contributed by atoms with van der Waals surface area (Å²) in [6.45, 7) is 1.56. The zero-order valence-electron chi connectivity index (χ0n) is 9.91. The molecule has 0 saturated carbocycles. The van der Waals surface area contributed by atoms with Gasteiger partial charge in [0.25, 0.3) is 11.4 Å². The average molecular weight is 260 g/mol. The molecule has 1 aromatic rings. The second-order valence-corrected chi connectivity index (χ2v) is 3.57. The Morgan fingerprint density at radius 2 is 1.89 bits per heavy atom. The summed E-state index contributed by atoms with van der Waals surface area (Å²) in [5.74, 6) is 0. The van der Waals surface area contributed by atoms with Gasteiger partial charge in [-0.1, -0.05) is 6.92 Å². The molecule has 0 aliphatic carbocycles. The molecule has 8 heteroatoms. The van der Waals surface area contributed by atoms with E-state index in [2.05, 4.69) is 0 Å². The fourth-order valence-electron chi connectivity index (χ4n) is 1.83. The number of hydrogen-bond acceptors (Lipinski definition) is 6. The molecule has 1 aromatic carbocycles. The van der Waals surface area contributed by atoms with Gasteiger partial charge >= 0.3 is 0 Å². The number of nitro groups is 2. The minimum absolute atomic E-state index is 0.00745. The molecule has 0 saturated heterocycles. The number of nitrogens with zero attached hydrogens (tertiary/aromatic N) is 4. The van der Waals surface area contributed by atoms with Gasteiger partial charge in [0.1, 0.15) is 11.6 Å². The molecule has 0 radical (unpaired) electrons. The van der Waals surface area contributed by atoms with Gasteiger partial charge in [-0.3, -0.25) is 20.2 Å². The minimum atomic E-state index is -0.775. The second-order valence-electron chi connectivity index (χ2n) is 3.57. The Hall–Kier alpha value is -3.00. The standard InChI is InChI=1S/C11H8N4O4/c1-2-8-9(6-13)10(14(16)17)5-7(3-4-12)11(8)15(18)19/h5H,2-3H2,1H3. The smallest absolute Gasteiger partial charge is 0.258 e. The van der Waals surface area contributed by atoms with Crippen LogP contribution in [0, 0.1) is 42.9 Å². The number of benzene rings is 1. The molecule has 0 bridgehead atoms. The fraction of sp³-hybridized carbons (Fsp3) is 0.273. The molecule has 0 aromatic heterocycles. The Balaban J connectivity index is 3.82. The summed E-state index contributed by atoms with van der Waals surface area (Å²) < 4.78 is 0. The van der Waals surface area contributed by atoms with Crippen LogP contribution in [0.2, 0.25) is 0 Å². The first-order valence-electron chi connectivity index (χ1n) is 5.22. The number of nitro benzene ring substituents is 2. The van der Waals surface area contributed by atoms with E-state index in [1.165, 1.54) is 0 Å². The molecule has 1 rings (SSSR count). The normalized spacial score (nSPS) is 9.42. The quantitative estimate of drug-likeness (QED) is 0.600. The number of hydrogen-bond donors (Lipinski definition) is 0. The summed E-state index contributed by atoms with van der Waals surface area (Å²) in [5.41, 5.74) is -1.26. The van der Waals surface area contributed by atoms with Crippen LogP contribution in [-0.2, 0) is 12.8 Å². The van der Waals surface area contributed by atoms with Crippen molar-refractivity contribution in [2.75, 3.05) is 0 Å². The van der Waals surface area contributed by atoms with E-state index in [4.69, 9.17) is 10.5 Å². The number of nitriles is 2. The van der Waals surface area contributed by atoms with Crippen molar-refractivity contribution in [1.29, 1.82) is 10.5 Å². The fourth-order valence-corrected chi connectivity index (χ4v) is 1.83. The van der Waals surface area contributed by atoms with Crippen LogP contribution in [0.5, 0.6) is 0 Å². The molecule has 0 aliphatic heterocycles. The molecule has 0 aliphatic rings. The highest BCUT2D eigenvalue weighted by Gasteiger charge is 2.29. The first-order valence-corrected chi connectivity index (χ1v) is 5.22. The third-order valence-corrected chi connectivity index (χ3v) is 2.57. The van der Waals surface area contributed by atoms with E-state index in [1.807, 2.05) is 0 Å². The highest BCUT2D eigenvalue weighted by molar-refractivity contribution is 5.65. The van der Waals surface area contributed by atoms with Crippen molar-refractivity contribution in [2.24, 2.45) is 0 Å². The summed E-state index contributed by atoms with van der Waals surface area (Å²) in [6, 6.07) is 4.29. The van der Waals surface area contributed by atoms with Crippen molar-refractivity contribution in [3.8, 4) is 12.1 Å². The lowest BCUT2D eigenvalue weighted by molar-refractivity contribution is -0.390. The van der Waals surface area contributed by atoms with E-state index in [-0.39, 0.29) is 35.2 Å². The third-order valence-electron chi connectivity index (χ3n) is 2.57. The molecular weight excluding hydrogens is 252 g/mol. The minimum Gasteiger partial charge on any atom is -0.258 e. The lowest BCUT2D eigenvalue weighted by Crippen LogP contribution is -2.06. The lowest BCUT2D eigenvalue weighted by atomic mass is 9.96. The van der Waals surface area contributed by atoms with E-state index < -0.39 is 15.5 Å². The van der Waals surface area contributed by atoms with Crippen molar-refractivity contribution in [3.63, 3.8) is 0 Å². The van der Waals surface area contributed by atoms with Crippen LogP contribution >= 0.6 is 0 Å². The van der Waals surface area contributed by atoms with E-state index in [1.54, 1.807) is 19.1 Å². The largest absolute Gasteiger partial charge is 0.288 e. The van der Waals surface area contributed by atoms with Gasteiger partial charge < -0.3 is 0 Å². The van der Waals surface area contributed by atoms with Crippen molar-refractivity contribution in [3.05, 3.63) is 43.0 Å². The van der Waals surface area contributed by atoms with Crippen LogP contribution in [0.3, 0.4) is 0 Å². The van der Waals surface area contributed by atoms with Crippen LogP contribution in [0.15, 0.2) is 6.07 Å². The zero-order valence-corrected chi connectivity index (χ0v) is 9.91. The first kappa shape index (κ1) is 14.1. The maximum absolute atomic E-state index is 11.0. The summed E-state index contributed by atoms with van der Waals surface area (Å²) >= 11 is 0. The van der Waals surface area contributed by atoms with Gasteiger partial charge in [0.05, 0.1) is 33.5 Å². The summed E-state index contributed by atoms with van der Waals surface area (Å²) in [6.07, 6.45) is -0.227. The topological polar surface area (TPSA) is 134 Å². The van der Waals surface area contributed by atoms with Crippen molar-refractivity contribution in [1.82, 2.24) is 0 Å². The molecule has 0 atom stereocenters. The SMILES string of the molecule is CCc1c(C#N)c([N+](=O)[O-])cc(CC#N)c1[N+](=O)[O-]. The van der Waals surface area contributed by atoms with Gasteiger partial charge in [0, 0.05) is 6.07 Å². The van der Waals surface area contributed by atoms with Gasteiger partial charge in [0.15, 0.2) is 0 Å². The number of rotatable bonds is 4. The van der Waals surface area contributed by atoms with Gasteiger partial charge in [-0.05, 0) is 6.42 Å². The van der Waals surface area contributed by atoms with Gasteiger partial charge in [0.2, 0.25) is 0 Å². The van der Waals surface area contributed by atoms with E-state index >= 15 is 0 Å². The molecule has 0 unspecified atom stereocenters. The van der Waals surface area contributed by atoms with Crippen molar-refractivity contribution >= 4 is 11.4 Å². The van der Waals surface area contributed by atoms with Crippen LogP contribution in [0.4, 0.5) is 11.4 Å². The molecule has 0 spiro atoms. The van der Waals surface area contributed by atoms with Gasteiger partial charge in [-0.2, -0.15) is 10.5 Å². The first-order chi connectivity index (χ1) is 8.97. The molecule has 0 fully saturated rings. The van der Waals surface area contributed by atoms with Crippen LogP contribution in [-0.4, -0.2) is 9.85 Å². The Bertz CT molecular complexity index is 640. The zero-order chi connectivity index (χ0) is 14.6. The third kappa shape index (κ3) is 2.48. The van der Waals surface area contributed by atoms with Crippen LogP contribution < -0.4 is 0 Å². The maximum atomic E-state index is 11.0. The molecular formula is C11H8N4O4. The maximum Gasteiger partial charge on any atom is 0.288 e. The average Bonchev–Trinajstić information content (AvgIpc) is 2.36. The summed E-state index contributed by atoms with van der Waals surface area (Å²) in [4.78, 5) is 20.4. The molecule has 0 N–H and O–H groups in total. The monoisotopic (exact) mass is 260 g/mol. The van der Waals surface area contributed by atoms with E-state index in [0.717, 1.165) is 6.07 Å². The molecule has 19 heavy (non-hydrogen) atoms. The molecule has 0 heterocycles. The van der Waals surface area contributed by atoms with Crippen LogP contribution in [0.25, 0.3) is 0 Å². The highest BCUT2D eigenvalue weighted by Crippen LogP contribution is 2.34.